The number of pyridine rings is 1. The number of phenolic OH excluding ortho intramolecular Hbond substituents is 1. The minimum Gasteiger partial charge on any atom is -0.508 e. The van der Waals surface area contributed by atoms with E-state index in [4.69, 9.17) is 4.74 Å². The molecule has 0 aliphatic carbocycles. The molecule has 7 heteroatoms. The highest BCUT2D eigenvalue weighted by atomic mass is 16.5. The van der Waals surface area contributed by atoms with Crippen molar-refractivity contribution in [2.75, 3.05) is 6.61 Å². The Bertz CT molecular complexity index is 1220. The molecule has 2 heterocycles. The fourth-order valence-corrected chi connectivity index (χ4v) is 4.16. The molecule has 1 amide bonds. The summed E-state index contributed by atoms with van der Waals surface area (Å²) >= 11 is 0. The standard InChI is InChI=1S/C28H28N2O5/c1-2-3-6-16-35-23-13-11-19(12-14-23)26(32)24-25(20-8-7-10-22(31)17-20)30(28(34)27(24)33)18-21-9-4-5-15-29-21/h4-5,7-15,17,25,31-32H,2-3,6,16,18H2,1H3/b26-24-. The van der Waals surface area contributed by atoms with Crippen LogP contribution in [0.25, 0.3) is 5.76 Å². The van der Waals surface area contributed by atoms with E-state index >= 15 is 0 Å². The van der Waals surface area contributed by atoms with E-state index in [9.17, 15) is 19.8 Å². The molecule has 2 aromatic carbocycles. The molecule has 4 rings (SSSR count). The summed E-state index contributed by atoms with van der Waals surface area (Å²) in [6.07, 6.45) is 4.77. The number of likely N-dealkylation sites (tertiary alicyclic amines) is 1. The van der Waals surface area contributed by atoms with Gasteiger partial charge in [0.05, 0.1) is 30.5 Å². The first kappa shape index (κ1) is 24.0. The van der Waals surface area contributed by atoms with Crippen molar-refractivity contribution in [1.82, 2.24) is 9.88 Å². The van der Waals surface area contributed by atoms with Gasteiger partial charge in [0.15, 0.2) is 0 Å². The zero-order valence-corrected chi connectivity index (χ0v) is 19.6. The number of nitrogens with zero attached hydrogens (tertiary/aromatic N) is 2. The molecular formula is C28H28N2O5. The van der Waals surface area contributed by atoms with Crippen LogP contribution in [0.1, 0.15) is 49.0 Å². The number of aromatic nitrogens is 1. The molecular weight excluding hydrogens is 444 g/mol. The van der Waals surface area contributed by atoms with Crippen LogP contribution in [0.15, 0.2) is 78.5 Å². The number of carbonyl (C=O) groups excluding carboxylic acids is 2. The van der Waals surface area contributed by atoms with Crippen LogP contribution in [-0.2, 0) is 16.1 Å². The van der Waals surface area contributed by atoms with E-state index in [2.05, 4.69) is 11.9 Å². The minimum atomic E-state index is -0.880. The molecule has 1 atom stereocenters. The second-order valence-corrected chi connectivity index (χ2v) is 8.42. The van der Waals surface area contributed by atoms with Crippen molar-refractivity contribution in [3.8, 4) is 11.5 Å². The van der Waals surface area contributed by atoms with Crippen molar-refractivity contribution in [3.05, 3.63) is 95.3 Å². The largest absolute Gasteiger partial charge is 0.508 e. The maximum absolute atomic E-state index is 13.1. The summed E-state index contributed by atoms with van der Waals surface area (Å²) in [5, 5.41) is 21.3. The Hall–Kier alpha value is -4.13. The number of hydrogen-bond acceptors (Lipinski definition) is 6. The summed E-state index contributed by atoms with van der Waals surface area (Å²) in [6.45, 7) is 2.81. The average Bonchev–Trinajstić information content (AvgIpc) is 3.12. The predicted molar refractivity (Wildman–Crippen MR) is 132 cm³/mol. The van der Waals surface area contributed by atoms with Crippen molar-refractivity contribution < 1.29 is 24.5 Å². The second-order valence-electron chi connectivity index (χ2n) is 8.42. The van der Waals surface area contributed by atoms with Gasteiger partial charge in [0.2, 0.25) is 0 Å². The molecule has 1 fully saturated rings. The fraction of sp³-hybridized carbons (Fsp3) is 0.250. The predicted octanol–water partition coefficient (Wildman–Crippen LogP) is 4.98. The Morgan fingerprint density at radius 2 is 1.83 bits per heavy atom. The molecule has 1 saturated heterocycles. The summed E-state index contributed by atoms with van der Waals surface area (Å²) in [7, 11) is 0. The van der Waals surface area contributed by atoms with Gasteiger partial charge in [-0.25, -0.2) is 0 Å². The first-order valence-electron chi connectivity index (χ1n) is 11.7. The van der Waals surface area contributed by atoms with Crippen LogP contribution < -0.4 is 4.74 Å². The molecule has 1 aromatic heterocycles. The monoisotopic (exact) mass is 472 g/mol. The topological polar surface area (TPSA) is 100.0 Å². The van der Waals surface area contributed by atoms with Crippen molar-refractivity contribution in [2.24, 2.45) is 0 Å². The van der Waals surface area contributed by atoms with Crippen molar-refractivity contribution in [3.63, 3.8) is 0 Å². The van der Waals surface area contributed by atoms with Gasteiger partial charge in [0.25, 0.3) is 11.7 Å². The van der Waals surface area contributed by atoms with E-state index in [0.29, 0.717) is 29.2 Å². The summed E-state index contributed by atoms with van der Waals surface area (Å²) in [5.41, 5.74) is 1.47. The zero-order chi connectivity index (χ0) is 24.8. The molecule has 1 unspecified atom stereocenters. The van der Waals surface area contributed by atoms with E-state index in [1.165, 1.54) is 17.0 Å². The van der Waals surface area contributed by atoms with Crippen LogP contribution in [0.4, 0.5) is 0 Å². The smallest absolute Gasteiger partial charge is 0.296 e. The maximum Gasteiger partial charge on any atom is 0.296 e. The Kier molecular flexibility index (Phi) is 7.45. The molecule has 7 nitrogen and oxygen atoms in total. The number of aromatic hydroxyl groups is 1. The number of rotatable bonds is 9. The summed E-state index contributed by atoms with van der Waals surface area (Å²) in [5.74, 6) is -1.14. The van der Waals surface area contributed by atoms with Crippen LogP contribution in [0.2, 0.25) is 0 Å². The average molecular weight is 473 g/mol. The van der Waals surface area contributed by atoms with Crippen LogP contribution in [-0.4, -0.2) is 38.4 Å². The Morgan fingerprint density at radius 3 is 2.51 bits per heavy atom. The third-order valence-electron chi connectivity index (χ3n) is 5.93. The van der Waals surface area contributed by atoms with Gasteiger partial charge in [0.1, 0.15) is 17.3 Å². The summed E-state index contributed by atoms with van der Waals surface area (Å²) in [4.78, 5) is 31.9. The number of amides is 1. The van der Waals surface area contributed by atoms with Gasteiger partial charge in [-0.3, -0.25) is 14.6 Å². The van der Waals surface area contributed by atoms with Gasteiger partial charge in [-0.05, 0) is 60.5 Å². The van der Waals surface area contributed by atoms with Crippen LogP contribution in [0.3, 0.4) is 0 Å². The van der Waals surface area contributed by atoms with E-state index in [-0.39, 0.29) is 23.6 Å². The number of benzene rings is 2. The lowest BCUT2D eigenvalue weighted by Gasteiger charge is -2.25. The molecule has 35 heavy (non-hydrogen) atoms. The Morgan fingerprint density at radius 1 is 1.03 bits per heavy atom. The van der Waals surface area contributed by atoms with Gasteiger partial charge in [-0.1, -0.05) is 38.0 Å². The van der Waals surface area contributed by atoms with Gasteiger partial charge in [-0.2, -0.15) is 0 Å². The molecule has 2 N–H and O–H groups in total. The van der Waals surface area contributed by atoms with Crippen LogP contribution >= 0.6 is 0 Å². The number of unbranched alkanes of at least 4 members (excludes halogenated alkanes) is 2. The number of ether oxygens (including phenoxy) is 1. The number of carbonyl (C=O) groups is 2. The number of Topliss-reactive ketones (excluding diaryl/α,β-unsaturated/α-hetero) is 1. The first-order valence-corrected chi connectivity index (χ1v) is 11.7. The number of hydrogen-bond donors (Lipinski definition) is 2. The molecule has 0 saturated carbocycles. The third-order valence-corrected chi connectivity index (χ3v) is 5.93. The maximum atomic E-state index is 13.1. The van der Waals surface area contributed by atoms with Gasteiger partial charge in [0, 0.05) is 11.8 Å². The number of phenols is 1. The van der Waals surface area contributed by atoms with Gasteiger partial charge >= 0.3 is 0 Å². The lowest BCUT2D eigenvalue weighted by molar-refractivity contribution is -0.140. The molecule has 1 aliphatic heterocycles. The summed E-state index contributed by atoms with van der Waals surface area (Å²) in [6, 6.07) is 17.6. The second kappa shape index (κ2) is 10.9. The number of ketones is 1. The van der Waals surface area contributed by atoms with E-state index < -0.39 is 17.7 Å². The van der Waals surface area contributed by atoms with Crippen molar-refractivity contribution in [2.45, 2.75) is 38.8 Å². The molecule has 1 aliphatic rings. The Labute approximate surface area is 204 Å². The third kappa shape index (κ3) is 5.35. The minimum absolute atomic E-state index is 0.00417. The van der Waals surface area contributed by atoms with Gasteiger partial charge < -0.3 is 19.8 Å². The highest BCUT2D eigenvalue weighted by Gasteiger charge is 2.46. The zero-order valence-electron chi connectivity index (χ0n) is 19.6. The molecule has 180 valence electrons. The molecule has 3 aromatic rings. The van der Waals surface area contributed by atoms with Crippen molar-refractivity contribution >= 4 is 17.4 Å². The fourth-order valence-electron chi connectivity index (χ4n) is 4.16. The lowest BCUT2D eigenvalue weighted by atomic mass is 9.95. The van der Waals surface area contributed by atoms with Crippen LogP contribution in [0, 0.1) is 0 Å². The number of aliphatic hydroxyl groups is 1. The van der Waals surface area contributed by atoms with Gasteiger partial charge in [-0.15, -0.1) is 0 Å². The molecule has 0 spiro atoms. The Balaban J connectivity index is 1.70. The summed E-state index contributed by atoms with van der Waals surface area (Å²) < 4.78 is 5.73. The highest BCUT2D eigenvalue weighted by molar-refractivity contribution is 6.46. The molecule has 0 radical (unpaired) electrons. The van der Waals surface area contributed by atoms with E-state index in [1.807, 2.05) is 0 Å². The quantitative estimate of drug-likeness (QED) is 0.197. The number of aliphatic hydroxyl groups excluding tert-OH is 1. The lowest BCUT2D eigenvalue weighted by Crippen LogP contribution is -2.29. The van der Waals surface area contributed by atoms with Crippen LogP contribution in [0.5, 0.6) is 11.5 Å². The van der Waals surface area contributed by atoms with E-state index in [1.54, 1.807) is 60.8 Å². The highest BCUT2D eigenvalue weighted by Crippen LogP contribution is 2.41. The normalized spacial score (nSPS) is 17.1. The van der Waals surface area contributed by atoms with Crippen molar-refractivity contribution in [1.29, 1.82) is 0 Å². The SMILES string of the molecule is CCCCCOc1ccc(/C(O)=C2/C(=O)C(=O)N(Cc3ccccn3)C2c2cccc(O)c2)cc1. The van der Waals surface area contributed by atoms with E-state index in [0.717, 1.165) is 19.3 Å². The molecule has 0 bridgehead atoms. The first-order chi connectivity index (χ1) is 17.0.